The van der Waals surface area contributed by atoms with E-state index in [1.54, 1.807) is 0 Å². The number of hydrogen-bond donors (Lipinski definition) is 1. The predicted molar refractivity (Wildman–Crippen MR) is 69.0 cm³/mol. The number of piperidine rings is 2. The number of carbonyl (C=O) groups excluding carboxylic acids is 1. The number of likely N-dealkylation sites (tertiary alicyclic amines) is 2. The second-order valence-corrected chi connectivity index (χ2v) is 5.32. The summed E-state index contributed by atoms with van der Waals surface area (Å²) in [6.45, 7) is 4.92. The monoisotopic (exact) mass is 239 g/mol. The highest BCUT2D eigenvalue weighted by molar-refractivity contribution is 5.74. The largest absolute Gasteiger partial charge is 0.325 e. The Hall–Kier alpha value is -0.770. The second kappa shape index (κ2) is 6.24. The highest BCUT2D eigenvalue weighted by Gasteiger charge is 2.26. The smallest absolute Gasteiger partial charge is 0.319 e. The lowest BCUT2D eigenvalue weighted by atomic mass is 9.97. The lowest BCUT2D eigenvalue weighted by Crippen LogP contribution is -2.48. The van der Waals surface area contributed by atoms with Gasteiger partial charge >= 0.3 is 6.03 Å². The van der Waals surface area contributed by atoms with Crippen molar-refractivity contribution in [3.8, 4) is 0 Å². The van der Waals surface area contributed by atoms with E-state index in [2.05, 4.69) is 10.2 Å². The second-order valence-electron chi connectivity index (χ2n) is 5.32. The molecule has 2 heterocycles. The van der Waals surface area contributed by atoms with Crippen molar-refractivity contribution in [3.63, 3.8) is 0 Å². The molecule has 98 valence electrons. The van der Waals surface area contributed by atoms with Crippen LogP contribution in [0.1, 0.15) is 32.1 Å². The summed E-state index contributed by atoms with van der Waals surface area (Å²) in [5, 5.41) is 3.23. The lowest BCUT2D eigenvalue weighted by Gasteiger charge is -2.37. The first kappa shape index (κ1) is 12.7. The summed E-state index contributed by atoms with van der Waals surface area (Å²) in [4.78, 5) is 16.4. The summed E-state index contributed by atoms with van der Waals surface area (Å²) < 4.78 is 0. The van der Waals surface area contributed by atoms with Crippen LogP contribution in [0, 0.1) is 5.92 Å². The summed E-state index contributed by atoms with van der Waals surface area (Å²) in [6, 6.07) is 0.285. The van der Waals surface area contributed by atoms with Gasteiger partial charge in [0.05, 0.1) is 0 Å². The Labute approximate surface area is 104 Å². The Morgan fingerprint density at radius 2 is 1.65 bits per heavy atom. The Morgan fingerprint density at radius 3 is 2.24 bits per heavy atom. The van der Waals surface area contributed by atoms with Crippen LogP contribution in [0.4, 0.5) is 4.79 Å². The first-order chi connectivity index (χ1) is 8.31. The van der Waals surface area contributed by atoms with E-state index < -0.39 is 0 Å². The fraction of sp³-hybridized carbons (Fsp3) is 0.923. The highest BCUT2D eigenvalue weighted by Crippen LogP contribution is 2.19. The summed E-state index contributed by atoms with van der Waals surface area (Å²) >= 11 is 0. The van der Waals surface area contributed by atoms with E-state index in [0.29, 0.717) is 0 Å². The van der Waals surface area contributed by atoms with Crippen molar-refractivity contribution in [3.05, 3.63) is 0 Å². The van der Waals surface area contributed by atoms with Gasteiger partial charge in [-0.05, 0) is 51.6 Å². The number of nitrogens with zero attached hydrogens (tertiary/aromatic N) is 2. The SMILES string of the molecule is CNCC1CCN(C(=O)N2CCCCC2)CC1. The van der Waals surface area contributed by atoms with Crippen LogP contribution in [0.5, 0.6) is 0 Å². The topological polar surface area (TPSA) is 35.6 Å². The van der Waals surface area contributed by atoms with Gasteiger partial charge in [0.15, 0.2) is 0 Å². The molecule has 0 aromatic heterocycles. The molecule has 0 aliphatic carbocycles. The lowest BCUT2D eigenvalue weighted by molar-refractivity contribution is 0.125. The zero-order chi connectivity index (χ0) is 12.1. The molecule has 2 amide bonds. The maximum atomic E-state index is 12.3. The minimum Gasteiger partial charge on any atom is -0.325 e. The minimum atomic E-state index is 0.285. The van der Waals surface area contributed by atoms with Crippen LogP contribution in [-0.4, -0.2) is 55.6 Å². The minimum absolute atomic E-state index is 0.285. The van der Waals surface area contributed by atoms with Gasteiger partial charge in [-0.2, -0.15) is 0 Å². The van der Waals surface area contributed by atoms with E-state index in [1.165, 1.54) is 19.3 Å². The van der Waals surface area contributed by atoms with Gasteiger partial charge in [-0.1, -0.05) is 0 Å². The molecule has 2 aliphatic rings. The molecule has 2 aliphatic heterocycles. The zero-order valence-corrected chi connectivity index (χ0v) is 11.0. The molecule has 4 heteroatoms. The molecule has 0 aromatic rings. The van der Waals surface area contributed by atoms with Crippen molar-refractivity contribution in [2.75, 3.05) is 39.8 Å². The molecule has 0 atom stereocenters. The molecule has 2 fully saturated rings. The number of hydrogen-bond acceptors (Lipinski definition) is 2. The fourth-order valence-electron chi connectivity index (χ4n) is 2.90. The Balaban J connectivity index is 1.77. The van der Waals surface area contributed by atoms with E-state index in [-0.39, 0.29) is 6.03 Å². The molecule has 1 N–H and O–H groups in total. The third-order valence-electron chi connectivity index (χ3n) is 4.00. The van der Waals surface area contributed by atoms with Crippen LogP contribution in [0.3, 0.4) is 0 Å². The Kier molecular flexibility index (Phi) is 4.66. The maximum Gasteiger partial charge on any atom is 0.319 e. The normalized spacial score (nSPS) is 22.9. The van der Waals surface area contributed by atoms with Crippen LogP contribution in [0.25, 0.3) is 0 Å². The first-order valence-corrected chi connectivity index (χ1v) is 6.99. The number of carbonyl (C=O) groups is 1. The van der Waals surface area contributed by atoms with Crippen molar-refractivity contribution in [1.82, 2.24) is 15.1 Å². The molecule has 0 bridgehead atoms. The van der Waals surface area contributed by atoms with E-state index in [9.17, 15) is 4.79 Å². The van der Waals surface area contributed by atoms with Gasteiger partial charge in [-0.3, -0.25) is 0 Å². The van der Waals surface area contributed by atoms with E-state index >= 15 is 0 Å². The van der Waals surface area contributed by atoms with Crippen LogP contribution < -0.4 is 5.32 Å². The van der Waals surface area contributed by atoms with Crippen molar-refractivity contribution in [1.29, 1.82) is 0 Å². The van der Waals surface area contributed by atoms with Gasteiger partial charge in [-0.25, -0.2) is 4.79 Å². The molecule has 0 unspecified atom stereocenters. The molecule has 0 radical (unpaired) electrons. The molecule has 0 saturated carbocycles. The van der Waals surface area contributed by atoms with Gasteiger partial charge in [0.25, 0.3) is 0 Å². The fourth-order valence-corrected chi connectivity index (χ4v) is 2.90. The van der Waals surface area contributed by atoms with Crippen molar-refractivity contribution in [2.24, 2.45) is 5.92 Å². The van der Waals surface area contributed by atoms with Gasteiger partial charge in [0, 0.05) is 26.2 Å². The molecular formula is C13H25N3O. The average Bonchev–Trinajstić information content (AvgIpc) is 2.40. The van der Waals surface area contributed by atoms with Crippen molar-refractivity contribution in [2.45, 2.75) is 32.1 Å². The van der Waals surface area contributed by atoms with E-state index in [0.717, 1.165) is 51.5 Å². The Bertz CT molecular complexity index is 243. The predicted octanol–water partition coefficient (Wildman–Crippen LogP) is 1.52. The van der Waals surface area contributed by atoms with Gasteiger partial charge in [0.2, 0.25) is 0 Å². The standard InChI is InChI=1S/C13H25N3O/c1-14-11-12-5-9-16(10-6-12)13(17)15-7-3-2-4-8-15/h12,14H,2-11H2,1H3. The van der Waals surface area contributed by atoms with Crippen LogP contribution in [0.15, 0.2) is 0 Å². The number of urea groups is 1. The van der Waals surface area contributed by atoms with Crippen LogP contribution in [0.2, 0.25) is 0 Å². The van der Waals surface area contributed by atoms with Crippen LogP contribution >= 0.6 is 0 Å². The summed E-state index contributed by atoms with van der Waals surface area (Å²) in [5.41, 5.74) is 0. The summed E-state index contributed by atoms with van der Waals surface area (Å²) in [7, 11) is 2.01. The Morgan fingerprint density at radius 1 is 1.06 bits per heavy atom. The van der Waals surface area contributed by atoms with E-state index in [4.69, 9.17) is 0 Å². The molecule has 17 heavy (non-hydrogen) atoms. The van der Waals surface area contributed by atoms with E-state index in [1.807, 2.05) is 11.9 Å². The van der Waals surface area contributed by atoms with Crippen molar-refractivity contribution < 1.29 is 4.79 Å². The number of amides is 2. The number of nitrogens with one attached hydrogen (secondary N) is 1. The van der Waals surface area contributed by atoms with Crippen molar-refractivity contribution >= 4 is 6.03 Å². The molecule has 2 saturated heterocycles. The molecule has 4 nitrogen and oxygen atoms in total. The maximum absolute atomic E-state index is 12.3. The van der Waals surface area contributed by atoms with Crippen LogP contribution in [-0.2, 0) is 0 Å². The highest BCUT2D eigenvalue weighted by atomic mass is 16.2. The van der Waals surface area contributed by atoms with Gasteiger partial charge < -0.3 is 15.1 Å². The average molecular weight is 239 g/mol. The van der Waals surface area contributed by atoms with Gasteiger partial charge in [0.1, 0.15) is 0 Å². The molecule has 0 aromatic carbocycles. The zero-order valence-electron chi connectivity index (χ0n) is 11.0. The summed E-state index contributed by atoms with van der Waals surface area (Å²) in [5.74, 6) is 0.755. The third-order valence-corrected chi connectivity index (χ3v) is 4.00. The number of rotatable bonds is 2. The molecular weight excluding hydrogens is 214 g/mol. The quantitative estimate of drug-likeness (QED) is 0.793. The first-order valence-electron chi connectivity index (χ1n) is 6.99. The van der Waals surface area contributed by atoms with Gasteiger partial charge in [-0.15, -0.1) is 0 Å². The third kappa shape index (κ3) is 3.35. The molecule has 0 spiro atoms. The summed E-state index contributed by atoms with van der Waals surface area (Å²) in [6.07, 6.45) is 5.96. The molecule has 2 rings (SSSR count).